The summed E-state index contributed by atoms with van der Waals surface area (Å²) in [4.78, 5) is 20.4. The first-order valence-corrected chi connectivity index (χ1v) is 9.05. The van der Waals surface area contributed by atoms with Gasteiger partial charge in [-0.3, -0.25) is 9.36 Å². The van der Waals surface area contributed by atoms with Crippen LogP contribution in [0.4, 0.5) is 0 Å². The number of pyridine rings is 1. The van der Waals surface area contributed by atoms with Crippen molar-refractivity contribution in [3.8, 4) is 17.3 Å². The molecule has 8 heteroatoms. The molecule has 2 aromatic heterocycles. The maximum Gasteiger partial charge on any atom is 0.244 e. The number of aromatic nitrogens is 3. The van der Waals surface area contributed by atoms with Gasteiger partial charge in [0.15, 0.2) is 11.5 Å². The number of ether oxygens (including phenoxy) is 2. The zero-order valence-electron chi connectivity index (χ0n) is 14.8. The highest BCUT2D eigenvalue weighted by atomic mass is 35.5. The van der Waals surface area contributed by atoms with Gasteiger partial charge in [-0.1, -0.05) is 17.7 Å². The number of halogens is 1. The number of nitrogens with zero attached hydrogens (tertiary/aromatic N) is 3. The van der Waals surface area contributed by atoms with E-state index in [0.29, 0.717) is 36.3 Å². The molecule has 1 aromatic carbocycles. The first-order valence-electron chi connectivity index (χ1n) is 8.67. The maximum atomic E-state index is 12.1. The van der Waals surface area contributed by atoms with Crippen LogP contribution in [0.15, 0.2) is 55.3 Å². The molecule has 0 atom stereocenters. The molecule has 142 valence electrons. The molecule has 3 heterocycles. The van der Waals surface area contributed by atoms with E-state index >= 15 is 0 Å². The van der Waals surface area contributed by atoms with Crippen molar-refractivity contribution in [2.24, 2.45) is 0 Å². The van der Waals surface area contributed by atoms with Crippen molar-refractivity contribution in [2.75, 3.05) is 13.2 Å². The summed E-state index contributed by atoms with van der Waals surface area (Å²) in [5.74, 6) is 1.68. The molecule has 0 saturated carbocycles. The smallest absolute Gasteiger partial charge is 0.244 e. The van der Waals surface area contributed by atoms with Gasteiger partial charge in [0.05, 0.1) is 5.02 Å². The third-order valence-electron chi connectivity index (χ3n) is 4.09. The summed E-state index contributed by atoms with van der Waals surface area (Å²) in [6.45, 7) is 1.33. The number of hydrogen-bond donors (Lipinski definition) is 1. The van der Waals surface area contributed by atoms with Gasteiger partial charge in [-0.15, -0.1) is 0 Å². The van der Waals surface area contributed by atoms with Gasteiger partial charge in [0, 0.05) is 31.2 Å². The summed E-state index contributed by atoms with van der Waals surface area (Å²) in [7, 11) is 0. The molecule has 0 aliphatic carbocycles. The van der Waals surface area contributed by atoms with Crippen LogP contribution >= 0.6 is 11.6 Å². The van der Waals surface area contributed by atoms with Gasteiger partial charge >= 0.3 is 0 Å². The van der Waals surface area contributed by atoms with Gasteiger partial charge in [-0.05, 0) is 35.4 Å². The first kappa shape index (κ1) is 18.1. The highest BCUT2D eigenvalue weighted by molar-refractivity contribution is 6.32. The molecule has 4 rings (SSSR count). The van der Waals surface area contributed by atoms with Gasteiger partial charge in [0.1, 0.15) is 25.4 Å². The lowest BCUT2D eigenvalue weighted by Crippen LogP contribution is -2.20. The van der Waals surface area contributed by atoms with E-state index in [1.165, 1.54) is 6.08 Å². The topological polar surface area (TPSA) is 78.3 Å². The largest absolute Gasteiger partial charge is 0.486 e. The summed E-state index contributed by atoms with van der Waals surface area (Å²) < 4.78 is 12.8. The Balaban J connectivity index is 1.35. The molecule has 3 aromatic rings. The van der Waals surface area contributed by atoms with E-state index in [1.54, 1.807) is 36.9 Å². The third-order valence-corrected chi connectivity index (χ3v) is 4.37. The number of rotatable bonds is 5. The van der Waals surface area contributed by atoms with E-state index in [1.807, 2.05) is 22.9 Å². The minimum atomic E-state index is -0.218. The summed E-state index contributed by atoms with van der Waals surface area (Å²) in [5, 5.41) is 3.29. The van der Waals surface area contributed by atoms with Crippen molar-refractivity contribution in [2.45, 2.75) is 6.54 Å². The van der Waals surface area contributed by atoms with Crippen molar-refractivity contribution in [1.29, 1.82) is 0 Å². The lowest BCUT2D eigenvalue weighted by molar-refractivity contribution is -0.116. The number of hydrogen-bond acceptors (Lipinski definition) is 5. The number of amides is 1. The fourth-order valence-electron chi connectivity index (χ4n) is 2.72. The Kier molecular flexibility index (Phi) is 5.25. The number of carbonyl (C=O) groups is 1. The fourth-order valence-corrected chi connectivity index (χ4v) is 2.99. The standard InChI is InChI=1S/C20H17ClN4O3/c21-16-9-14(10-17-20(16)28-8-7-27-17)2-4-19(26)24-12-15-1-3-18(23-11-15)25-6-5-22-13-25/h1-6,9-11,13H,7-8,12H2,(H,24,26)/b4-2+. The summed E-state index contributed by atoms with van der Waals surface area (Å²) >= 11 is 6.20. The van der Waals surface area contributed by atoms with E-state index in [4.69, 9.17) is 21.1 Å². The summed E-state index contributed by atoms with van der Waals surface area (Å²) in [5.41, 5.74) is 1.66. The highest BCUT2D eigenvalue weighted by Crippen LogP contribution is 2.38. The van der Waals surface area contributed by atoms with E-state index in [0.717, 1.165) is 16.9 Å². The molecule has 1 N–H and O–H groups in total. The monoisotopic (exact) mass is 396 g/mol. The molecular formula is C20H17ClN4O3. The van der Waals surface area contributed by atoms with Crippen LogP contribution in [0.3, 0.4) is 0 Å². The van der Waals surface area contributed by atoms with Gasteiger partial charge < -0.3 is 14.8 Å². The van der Waals surface area contributed by atoms with E-state index in [-0.39, 0.29) is 5.91 Å². The molecule has 28 heavy (non-hydrogen) atoms. The number of benzene rings is 1. The van der Waals surface area contributed by atoms with Crippen LogP contribution in [0, 0.1) is 0 Å². The number of nitrogens with one attached hydrogen (secondary N) is 1. The molecular weight excluding hydrogens is 380 g/mol. The van der Waals surface area contributed by atoms with Crippen molar-refractivity contribution in [1.82, 2.24) is 19.9 Å². The van der Waals surface area contributed by atoms with Crippen LogP contribution in [0.25, 0.3) is 11.9 Å². The van der Waals surface area contributed by atoms with Crippen molar-refractivity contribution in [3.05, 3.63) is 71.4 Å². The fraction of sp³-hybridized carbons (Fsp3) is 0.150. The molecule has 0 fully saturated rings. The third kappa shape index (κ3) is 4.15. The van der Waals surface area contributed by atoms with E-state index in [9.17, 15) is 4.79 Å². The minimum absolute atomic E-state index is 0.218. The van der Waals surface area contributed by atoms with Crippen molar-refractivity contribution < 1.29 is 14.3 Å². The SMILES string of the molecule is O=C(/C=C/c1cc(Cl)c2c(c1)OCCO2)NCc1ccc(-n2ccnc2)nc1. The number of imidazole rings is 1. The average Bonchev–Trinajstić information content (AvgIpc) is 3.26. The minimum Gasteiger partial charge on any atom is -0.486 e. The zero-order valence-corrected chi connectivity index (χ0v) is 15.6. The summed E-state index contributed by atoms with van der Waals surface area (Å²) in [6, 6.07) is 7.31. The zero-order chi connectivity index (χ0) is 19.3. The van der Waals surface area contributed by atoms with Crippen LogP contribution in [0.2, 0.25) is 5.02 Å². The van der Waals surface area contributed by atoms with Crippen molar-refractivity contribution in [3.63, 3.8) is 0 Å². The lowest BCUT2D eigenvalue weighted by atomic mass is 10.1. The molecule has 0 bridgehead atoms. The van der Waals surface area contributed by atoms with Crippen LogP contribution in [0.5, 0.6) is 11.5 Å². The Bertz CT molecular complexity index is 1000. The maximum absolute atomic E-state index is 12.1. The Morgan fingerprint density at radius 3 is 2.96 bits per heavy atom. The Hall–Kier alpha value is -3.32. The van der Waals surface area contributed by atoms with Gasteiger partial charge in [0.2, 0.25) is 5.91 Å². The second-order valence-corrected chi connectivity index (χ2v) is 6.48. The Labute approximate surface area is 166 Å². The quantitative estimate of drug-likeness (QED) is 0.671. The lowest BCUT2D eigenvalue weighted by Gasteiger charge is -2.19. The predicted octanol–water partition coefficient (Wildman–Crippen LogP) is 3.02. The van der Waals surface area contributed by atoms with Gasteiger partial charge in [-0.25, -0.2) is 9.97 Å². The van der Waals surface area contributed by atoms with Crippen LogP contribution in [-0.2, 0) is 11.3 Å². The van der Waals surface area contributed by atoms with Crippen LogP contribution in [0.1, 0.15) is 11.1 Å². The van der Waals surface area contributed by atoms with Crippen LogP contribution in [-0.4, -0.2) is 33.7 Å². The van der Waals surface area contributed by atoms with Gasteiger partial charge in [-0.2, -0.15) is 0 Å². The Morgan fingerprint density at radius 2 is 2.18 bits per heavy atom. The Morgan fingerprint density at radius 1 is 1.29 bits per heavy atom. The first-order chi connectivity index (χ1) is 13.7. The number of carbonyl (C=O) groups excluding carboxylic acids is 1. The van der Waals surface area contributed by atoms with Gasteiger partial charge in [0.25, 0.3) is 0 Å². The molecule has 7 nitrogen and oxygen atoms in total. The number of fused-ring (bicyclic) bond motifs is 1. The van der Waals surface area contributed by atoms with Crippen LogP contribution < -0.4 is 14.8 Å². The van der Waals surface area contributed by atoms with E-state index < -0.39 is 0 Å². The van der Waals surface area contributed by atoms with Crippen molar-refractivity contribution >= 4 is 23.6 Å². The normalized spacial score (nSPS) is 12.9. The molecule has 1 aliphatic rings. The second-order valence-electron chi connectivity index (χ2n) is 6.07. The summed E-state index contributed by atoms with van der Waals surface area (Å²) in [6.07, 6.45) is 10.0. The molecule has 0 spiro atoms. The predicted molar refractivity (Wildman–Crippen MR) is 105 cm³/mol. The molecule has 0 unspecified atom stereocenters. The molecule has 0 saturated heterocycles. The second kappa shape index (κ2) is 8.14. The molecule has 1 amide bonds. The van der Waals surface area contributed by atoms with E-state index in [2.05, 4.69) is 15.3 Å². The average molecular weight is 397 g/mol. The molecule has 0 radical (unpaired) electrons. The highest BCUT2D eigenvalue weighted by Gasteiger charge is 2.15. The molecule has 1 aliphatic heterocycles.